The number of rotatable bonds is 3. The number of hydrogen-bond acceptors (Lipinski definition) is 4. The summed E-state index contributed by atoms with van der Waals surface area (Å²) in [5, 5.41) is 2.79. The number of hydrogen-bond donors (Lipinski definition) is 2. The zero-order valence-electron chi connectivity index (χ0n) is 12.0. The Kier molecular flexibility index (Phi) is 3.82. The summed E-state index contributed by atoms with van der Waals surface area (Å²) in [5.41, 5.74) is 8.53. The van der Waals surface area contributed by atoms with Crippen LogP contribution >= 0.6 is 0 Å². The summed E-state index contributed by atoms with van der Waals surface area (Å²) in [6.45, 7) is 0. The molecule has 3 N–H and O–H groups in total. The SMILES string of the molecule is NC(=O)c1ccc(NC(=O)c2ncnc3c2CCCC3)cc1. The Bertz CT molecular complexity index is 725. The number of carbonyl (C=O) groups excluding carboxylic acids is 2. The molecule has 0 atom stereocenters. The smallest absolute Gasteiger partial charge is 0.274 e. The molecule has 2 amide bonds. The van der Waals surface area contributed by atoms with Crippen molar-refractivity contribution < 1.29 is 9.59 Å². The lowest BCUT2D eigenvalue weighted by Gasteiger charge is -2.16. The second-order valence-electron chi connectivity index (χ2n) is 5.25. The summed E-state index contributed by atoms with van der Waals surface area (Å²) in [4.78, 5) is 31.8. The first-order chi connectivity index (χ1) is 10.6. The molecule has 6 nitrogen and oxygen atoms in total. The van der Waals surface area contributed by atoms with Crippen molar-refractivity contribution in [3.05, 3.63) is 53.1 Å². The largest absolute Gasteiger partial charge is 0.366 e. The Morgan fingerprint density at radius 1 is 1.05 bits per heavy atom. The maximum Gasteiger partial charge on any atom is 0.274 e. The molecule has 0 saturated carbocycles. The summed E-state index contributed by atoms with van der Waals surface area (Å²) in [6.07, 6.45) is 5.31. The van der Waals surface area contributed by atoms with Gasteiger partial charge in [0.1, 0.15) is 12.0 Å². The highest BCUT2D eigenvalue weighted by atomic mass is 16.2. The summed E-state index contributed by atoms with van der Waals surface area (Å²) in [6, 6.07) is 6.44. The minimum absolute atomic E-state index is 0.257. The molecule has 0 spiro atoms. The molecule has 0 radical (unpaired) electrons. The van der Waals surface area contributed by atoms with Gasteiger partial charge in [0.2, 0.25) is 5.91 Å². The predicted octanol–water partition coefficient (Wildman–Crippen LogP) is 1.71. The van der Waals surface area contributed by atoms with Gasteiger partial charge in [-0.2, -0.15) is 0 Å². The summed E-state index contributed by atoms with van der Waals surface area (Å²) in [5.74, 6) is -0.755. The third-order valence-corrected chi connectivity index (χ3v) is 3.77. The number of aryl methyl sites for hydroxylation is 1. The van der Waals surface area contributed by atoms with Crippen molar-refractivity contribution in [2.45, 2.75) is 25.7 Å². The van der Waals surface area contributed by atoms with Crippen LogP contribution in [-0.2, 0) is 12.8 Å². The zero-order valence-corrected chi connectivity index (χ0v) is 12.0. The molecule has 22 heavy (non-hydrogen) atoms. The molecule has 1 aliphatic carbocycles. The highest BCUT2D eigenvalue weighted by Gasteiger charge is 2.20. The Balaban J connectivity index is 1.81. The van der Waals surface area contributed by atoms with Gasteiger partial charge in [0.15, 0.2) is 0 Å². The molecule has 1 aromatic heterocycles. The van der Waals surface area contributed by atoms with Crippen LogP contribution in [0.25, 0.3) is 0 Å². The first-order valence-electron chi connectivity index (χ1n) is 7.19. The molecule has 1 heterocycles. The van der Waals surface area contributed by atoms with Crippen LogP contribution in [0.5, 0.6) is 0 Å². The van der Waals surface area contributed by atoms with Gasteiger partial charge in [-0.1, -0.05) is 0 Å². The van der Waals surface area contributed by atoms with Crippen LogP contribution in [-0.4, -0.2) is 21.8 Å². The highest BCUT2D eigenvalue weighted by molar-refractivity contribution is 6.04. The number of benzene rings is 1. The molecule has 3 rings (SSSR count). The predicted molar refractivity (Wildman–Crippen MR) is 81.6 cm³/mol. The minimum atomic E-state index is -0.497. The fourth-order valence-electron chi connectivity index (χ4n) is 2.62. The van der Waals surface area contributed by atoms with E-state index in [2.05, 4.69) is 15.3 Å². The molecular weight excluding hydrogens is 280 g/mol. The molecule has 1 aromatic carbocycles. The second-order valence-corrected chi connectivity index (χ2v) is 5.25. The van der Waals surface area contributed by atoms with E-state index >= 15 is 0 Å². The lowest BCUT2D eigenvalue weighted by Crippen LogP contribution is -2.20. The van der Waals surface area contributed by atoms with Crippen LogP contribution in [0.3, 0.4) is 0 Å². The lowest BCUT2D eigenvalue weighted by atomic mass is 9.94. The number of nitrogens with one attached hydrogen (secondary N) is 1. The van der Waals surface area contributed by atoms with Gasteiger partial charge in [0.25, 0.3) is 5.91 Å². The van der Waals surface area contributed by atoms with Crippen LogP contribution in [0.4, 0.5) is 5.69 Å². The third kappa shape index (κ3) is 2.81. The summed E-state index contributed by atoms with van der Waals surface area (Å²) < 4.78 is 0. The normalized spacial score (nSPS) is 13.3. The number of aromatic nitrogens is 2. The standard InChI is InChI=1S/C16H16N4O2/c17-15(21)10-5-7-11(8-6-10)20-16(22)14-12-3-1-2-4-13(12)18-9-19-14/h5-9H,1-4H2,(H2,17,21)(H,20,22). The first kappa shape index (κ1) is 14.2. The van der Waals surface area contributed by atoms with Crippen molar-refractivity contribution in [3.63, 3.8) is 0 Å². The Morgan fingerprint density at radius 3 is 2.50 bits per heavy atom. The monoisotopic (exact) mass is 296 g/mol. The number of nitrogens with zero attached hydrogens (tertiary/aromatic N) is 2. The van der Waals surface area contributed by atoms with Gasteiger partial charge in [-0.3, -0.25) is 9.59 Å². The van der Waals surface area contributed by atoms with Crippen molar-refractivity contribution in [1.29, 1.82) is 0 Å². The molecule has 0 aliphatic heterocycles. The maximum absolute atomic E-state index is 12.4. The minimum Gasteiger partial charge on any atom is -0.366 e. The van der Waals surface area contributed by atoms with Gasteiger partial charge in [0.05, 0.1) is 0 Å². The van der Waals surface area contributed by atoms with Crippen LogP contribution in [0, 0.1) is 0 Å². The third-order valence-electron chi connectivity index (χ3n) is 3.77. The van der Waals surface area contributed by atoms with E-state index in [1.807, 2.05) is 0 Å². The maximum atomic E-state index is 12.4. The molecule has 0 bridgehead atoms. The van der Waals surface area contributed by atoms with Gasteiger partial charge < -0.3 is 11.1 Å². The first-order valence-corrected chi connectivity index (χ1v) is 7.19. The van der Waals surface area contributed by atoms with E-state index in [0.717, 1.165) is 36.9 Å². The molecule has 1 aliphatic rings. The van der Waals surface area contributed by atoms with Gasteiger partial charge in [-0.15, -0.1) is 0 Å². The van der Waals surface area contributed by atoms with Crippen LogP contribution in [0.1, 0.15) is 44.9 Å². The number of nitrogens with two attached hydrogens (primary N) is 1. The van der Waals surface area contributed by atoms with Crippen molar-refractivity contribution in [1.82, 2.24) is 9.97 Å². The van der Waals surface area contributed by atoms with Gasteiger partial charge in [0, 0.05) is 22.5 Å². The van der Waals surface area contributed by atoms with E-state index in [-0.39, 0.29) is 5.91 Å². The zero-order chi connectivity index (χ0) is 15.5. The summed E-state index contributed by atoms with van der Waals surface area (Å²) in [7, 11) is 0. The quantitative estimate of drug-likeness (QED) is 0.900. The Morgan fingerprint density at radius 2 is 1.77 bits per heavy atom. The molecule has 2 aromatic rings. The van der Waals surface area contributed by atoms with E-state index in [9.17, 15) is 9.59 Å². The molecular formula is C16H16N4O2. The van der Waals surface area contributed by atoms with Crippen LogP contribution in [0.15, 0.2) is 30.6 Å². The van der Waals surface area contributed by atoms with Crippen LogP contribution in [0.2, 0.25) is 0 Å². The summed E-state index contributed by atoms with van der Waals surface area (Å²) >= 11 is 0. The van der Waals surface area contributed by atoms with E-state index in [4.69, 9.17) is 5.73 Å². The Labute approximate surface area is 127 Å². The van der Waals surface area contributed by atoms with Crippen molar-refractivity contribution in [2.24, 2.45) is 5.73 Å². The Hall–Kier alpha value is -2.76. The van der Waals surface area contributed by atoms with Crippen molar-refractivity contribution in [2.75, 3.05) is 5.32 Å². The molecule has 6 heteroatoms. The number of anilines is 1. The average Bonchev–Trinajstić information content (AvgIpc) is 2.54. The average molecular weight is 296 g/mol. The lowest BCUT2D eigenvalue weighted by molar-refractivity contribution is 0.0997. The van der Waals surface area contributed by atoms with Crippen molar-refractivity contribution >= 4 is 17.5 Å². The molecule has 0 saturated heterocycles. The van der Waals surface area contributed by atoms with Gasteiger partial charge in [-0.25, -0.2) is 9.97 Å². The number of carbonyl (C=O) groups is 2. The van der Waals surface area contributed by atoms with E-state index in [1.54, 1.807) is 24.3 Å². The van der Waals surface area contributed by atoms with Gasteiger partial charge in [-0.05, 0) is 49.9 Å². The van der Waals surface area contributed by atoms with Gasteiger partial charge >= 0.3 is 0 Å². The topological polar surface area (TPSA) is 98.0 Å². The second kappa shape index (κ2) is 5.93. The van der Waals surface area contributed by atoms with Crippen molar-refractivity contribution in [3.8, 4) is 0 Å². The van der Waals surface area contributed by atoms with E-state index in [1.165, 1.54) is 6.33 Å². The van der Waals surface area contributed by atoms with Crippen LogP contribution < -0.4 is 11.1 Å². The van der Waals surface area contributed by atoms with E-state index < -0.39 is 5.91 Å². The number of fused-ring (bicyclic) bond motifs is 1. The molecule has 0 fully saturated rings. The van der Waals surface area contributed by atoms with E-state index in [0.29, 0.717) is 16.9 Å². The molecule has 0 unspecified atom stereocenters. The number of primary amides is 1. The highest BCUT2D eigenvalue weighted by Crippen LogP contribution is 2.22. The fourth-order valence-corrected chi connectivity index (χ4v) is 2.62. The fraction of sp³-hybridized carbons (Fsp3) is 0.250. The number of amides is 2. The molecule has 112 valence electrons.